The van der Waals surface area contributed by atoms with Crippen molar-refractivity contribution >= 4 is 11.8 Å². The molecule has 27 heavy (non-hydrogen) atoms. The molecule has 6 nitrogen and oxygen atoms in total. The Hall–Kier alpha value is -2.08. The van der Waals surface area contributed by atoms with Crippen molar-refractivity contribution < 1.29 is 19.1 Å². The summed E-state index contributed by atoms with van der Waals surface area (Å²) in [5.74, 6) is 0.831. The lowest BCUT2D eigenvalue weighted by molar-refractivity contribution is -0.137. The zero-order valence-electron chi connectivity index (χ0n) is 16.1. The van der Waals surface area contributed by atoms with Gasteiger partial charge in [-0.3, -0.25) is 9.59 Å². The van der Waals surface area contributed by atoms with E-state index in [4.69, 9.17) is 9.47 Å². The van der Waals surface area contributed by atoms with Crippen LogP contribution in [0.3, 0.4) is 0 Å². The standard InChI is InChI=1S/C21H28N2O4/c1-14-5-6-18-16(12-14)17(13-21(27-18)7-10-26-11-8-21)22-20(25)15(2)23-9-3-4-19(23)24/h5-6,12,15,17H,3-4,7-11,13H2,1-2H3,(H,22,25)/t15-,17+/m1/s1. The van der Waals surface area contributed by atoms with Gasteiger partial charge in [-0.15, -0.1) is 0 Å². The molecule has 1 spiro atoms. The van der Waals surface area contributed by atoms with Gasteiger partial charge in [0.1, 0.15) is 17.4 Å². The maximum atomic E-state index is 12.9. The molecule has 2 amide bonds. The molecule has 1 aromatic rings. The van der Waals surface area contributed by atoms with Crippen LogP contribution in [0.4, 0.5) is 0 Å². The van der Waals surface area contributed by atoms with Gasteiger partial charge in [0.25, 0.3) is 0 Å². The van der Waals surface area contributed by atoms with Gasteiger partial charge in [0, 0.05) is 37.8 Å². The summed E-state index contributed by atoms with van der Waals surface area (Å²) >= 11 is 0. The fourth-order valence-electron chi connectivity index (χ4n) is 4.48. The second kappa shape index (κ2) is 7.15. The van der Waals surface area contributed by atoms with Crippen LogP contribution >= 0.6 is 0 Å². The van der Waals surface area contributed by atoms with Crippen molar-refractivity contribution in [1.29, 1.82) is 0 Å². The topological polar surface area (TPSA) is 67.9 Å². The molecule has 3 aliphatic rings. The molecule has 0 unspecified atom stereocenters. The summed E-state index contributed by atoms with van der Waals surface area (Å²) in [6, 6.07) is 5.59. The van der Waals surface area contributed by atoms with E-state index in [0.717, 1.165) is 42.6 Å². The average molecular weight is 372 g/mol. The van der Waals surface area contributed by atoms with Crippen molar-refractivity contribution in [2.24, 2.45) is 0 Å². The molecule has 0 aliphatic carbocycles. The number of hydrogen-bond acceptors (Lipinski definition) is 4. The Labute approximate surface area is 160 Å². The lowest BCUT2D eigenvalue weighted by Gasteiger charge is -2.44. The maximum Gasteiger partial charge on any atom is 0.243 e. The number of benzene rings is 1. The highest BCUT2D eigenvalue weighted by molar-refractivity contribution is 5.88. The SMILES string of the molecule is Cc1ccc2c(c1)[C@@H](NC(=O)[C@@H](C)N1CCCC1=O)CC1(CCOCC1)O2. The van der Waals surface area contributed by atoms with Crippen molar-refractivity contribution in [2.45, 2.75) is 63.6 Å². The Morgan fingerprint density at radius 3 is 2.81 bits per heavy atom. The summed E-state index contributed by atoms with van der Waals surface area (Å²) in [6.07, 6.45) is 3.76. The molecule has 1 aromatic carbocycles. The van der Waals surface area contributed by atoms with Crippen molar-refractivity contribution in [3.05, 3.63) is 29.3 Å². The van der Waals surface area contributed by atoms with Gasteiger partial charge in [-0.05, 0) is 26.3 Å². The lowest BCUT2D eigenvalue weighted by Crippen LogP contribution is -2.51. The molecule has 0 aromatic heterocycles. The van der Waals surface area contributed by atoms with Crippen LogP contribution in [-0.4, -0.2) is 48.1 Å². The second-order valence-electron chi connectivity index (χ2n) is 8.07. The molecule has 0 radical (unpaired) electrons. The van der Waals surface area contributed by atoms with Gasteiger partial charge in [-0.1, -0.05) is 17.7 Å². The third-order valence-corrected chi connectivity index (χ3v) is 6.12. The first-order valence-electron chi connectivity index (χ1n) is 9.95. The molecule has 146 valence electrons. The average Bonchev–Trinajstić information content (AvgIpc) is 3.08. The number of nitrogens with one attached hydrogen (secondary N) is 1. The van der Waals surface area contributed by atoms with Crippen LogP contribution < -0.4 is 10.1 Å². The van der Waals surface area contributed by atoms with Gasteiger partial charge in [0.15, 0.2) is 0 Å². The van der Waals surface area contributed by atoms with Crippen molar-refractivity contribution in [2.75, 3.05) is 19.8 Å². The van der Waals surface area contributed by atoms with Gasteiger partial charge < -0.3 is 19.7 Å². The quantitative estimate of drug-likeness (QED) is 0.885. The molecule has 6 heteroatoms. The van der Waals surface area contributed by atoms with Crippen molar-refractivity contribution in [3.63, 3.8) is 0 Å². The number of aryl methyl sites for hydroxylation is 1. The van der Waals surface area contributed by atoms with Crippen LogP contribution in [0, 0.1) is 6.92 Å². The Balaban J connectivity index is 1.57. The van der Waals surface area contributed by atoms with E-state index in [9.17, 15) is 9.59 Å². The summed E-state index contributed by atoms with van der Waals surface area (Å²) in [7, 11) is 0. The number of amides is 2. The third-order valence-electron chi connectivity index (χ3n) is 6.12. The predicted molar refractivity (Wildman–Crippen MR) is 101 cm³/mol. The summed E-state index contributed by atoms with van der Waals surface area (Å²) in [6.45, 7) is 5.89. The van der Waals surface area contributed by atoms with E-state index in [2.05, 4.69) is 11.4 Å². The monoisotopic (exact) mass is 372 g/mol. The number of fused-ring (bicyclic) bond motifs is 1. The van der Waals surface area contributed by atoms with Gasteiger partial charge >= 0.3 is 0 Å². The summed E-state index contributed by atoms with van der Waals surface area (Å²) < 4.78 is 11.9. The molecule has 1 N–H and O–H groups in total. The molecule has 2 saturated heterocycles. The number of carbonyl (C=O) groups excluding carboxylic acids is 2. The van der Waals surface area contributed by atoms with Crippen LogP contribution in [0.15, 0.2) is 18.2 Å². The zero-order chi connectivity index (χ0) is 19.0. The number of likely N-dealkylation sites (tertiary alicyclic amines) is 1. The van der Waals surface area contributed by atoms with Crippen LogP contribution in [0.5, 0.6) is 5.75 Å². The third kappa shape index (κ3) is 3.55. The minimum Gasteiger partial charge on any atom is -0.487 e. The summed E-state index contributed by atoms with van der Waals surface area (Å²) in [5, 5.41) is 3.22. The van der Waals surface area contributed by atoms with Gasteiger partial charge in [0.2, 0.25) is 11.8 Å². The number of ether oxygens (including phenoxy) is 2. The normalized spacial score (nSPS) is 25.0. The van der Waals surface area contributed by atoms with E-state index >= 15 is 0 Å². The highest BCUT2D eigenvalue weighted by Gasteiger charge is 2.43. The highest BCUT2D eigenvalue weighted by atomic mass is 16.5. The molecule has 2 fully saturated rings. The highest BCUT2D eigenvalue weighted by Crippen LogP contribution is 2.44. The molecular formula is C21H28N2O4. The fourth-order valence-corrected chi connectivity index (χ4v) is 4.48. The van der Waals surface area contributed by atoms with E-state index in [0.29, 0.717) is 26.2 Å². The minimum absolute atomic E-state index is 0.0711. The number of hydrogen-bond donors (Lipinski definition) is 1. The minimum atomic E-state index is -0.443. The maximum absolute atomic E-state index is 12.9. The number of nitrogens with zero attached hydrogens (tertiary/aromatic N) is 1. The van der Waals surface area contributed by atoms with Crippen LogP contribution in [0.25, 0.3) is 0 Å². The molecule has 2 atom stereocenters. The second-order valence-corrected chi connectivity index (χ2v) is 8.07. The lowest BCUT2D eigenvalue weighted by atomic mass is 9.81. The summed E-state index contributed by atoms with van der Waals surface area (Å²) in [4.78, 5) is 26.6. The zero-order valence-corrected chi connectivity index (χ0v) is 16.1. The molecule has 3 aliphatic heterocycles. The molecule has 0 saturated carbocycles. The van der Waals surface area contributed by atoms with Gasteiger partial charge in [-0.25, -0.2) is 0 Å². The first kappa shape index (κ1) is 18.3. The number of rotatable bonds is 3. The first-order chi connectivity index (χ1) is 13.0. The van der Waals surface area contributed by atoms with E-state index in [1.165, 1.54) is 0 Å². The molecule has 4 rings (SSSR count). The Morgan fingerprint density at radius 2 is 2.11 bits per heavy atom. The predicted octanol–water partition coefficient (Wildman–Crippen LogP) is 2.49. The van der Waals surface area contributed by atoms with Crippen LogP contribution in [-0.2, 0) is 14.3 Å². The van der Waals surface area contributed by atoms with E-state index in [1.807, 2.05) is 26.0 Å². The van der Waals surface area contributed by atoms with Crippen LogP contribution in [0.1, 0.15) is 56.2 Å². The fraction of sp³-hybridized carbons (Fsp3) is 0.619. The van der Waals surface area contributed by atoms with Gasteiger partial charge in [0.05, 0.1) is 19.3 Å². The molecular weight excluding hydrogens is 344 g/mol. The van der Waals surface area contributed by atoms with Gasteiger partial charge in [-0.2, -0.15) is 0 Å². The van der Waals surface area contributed by atoms with E-state index in [1.54, 1.807) is 4.90 Å². The van der Waals surface area contributed by atoms with Crippen LogP contribution in [0.2, 0.25) is 0 Å². The largest absolute Gasteiger partial charge is 0.487 e. The smallest absolute Gasteiger partial charge is 0.243 e. The first-order valence-corrected chi connectivity index (χ1v) is 9.95. The molecule has 3 heterocycles. The van der Waals surface area contributed by atoms with Crippen molar-refractivity contribution in [1.82, 2.24) is 10.2 Å². The van der Waals surface area contributed by atoms with E-state index in [-0.39, 0.29) is 23.5 Å². The molecule has 0 bridgehead atoms. The Bertz CT molecular complexity index is 742. The Morgan fingerprint density at radius 1 is 1.33 bits per heavy atom. The van der Waals surface area contributed by atoms with E-state index < -0.39 is 6.04 Å². The Kier molecular flexibility index (Phi) is 4.84. The van der Waals surface area contributed by atoms with Crippen molar-refractivity contribution in [3.8, 4) is 5.75 Å². The number of carbonyl (C=O) groups is 2. The summed E-state index contributed by atoms with van der Waals surface area (Å²) in [5.41, 5.74) is 1.88.